The SMILES string of the molecule is CN1CCN(CCCc2cc(O)c(O)c(Br)c2)CC1. The number of nitrogens with zero attached hydrogens (tertiary/aromatic N) is 2. The summed E-state index contributed by atoms with van der Waals surface area (Å²) in [6.45, 7) is 5.66. The maximum atomic E-state index is 9.56. The molecule has 106 valence electrons. The summed E-state index contributed by atoms with van der Waals surface area (Å²) in [4.78, 5) is 4.83. The van der Waals surface area contributed by atoms with Gasteiger partial charge in [-0.15, -0.1) is 0 Å². The van der Waals surface area contributed by atoms with Gasteiger partial charge in [-0.25, -0.2) is 0 Å². The summed E-state index contributed by atoms with van der Waals surface area (Å²) >= 11 is 3.25. The normalized spacial score (nSPS) is 17.8. The zero-order valence-electron chi connectivity index (χ0n) is 11.3. The van der Waals surface area contributed by atoms with Gasteiger partial charge in [0.2, 0.25) is 0 Å². The molecular formula is C14H21BrN2O2. The lowest BCUT2D eigenvalue weighted by Gasteiger charge is -2.32. The molecule has 1 saturated heterocycles. The van der Waals surface area contributed by atoms with Gasteiger partial charge in [0.05, 0.1) is 4.47 Å². The molecule has 0 aliphatic carbocycles. The second kappa shape index (κ2) is 6.59. The molecule has 0 atom stereocenters. The van der Waals surface area contributed by atoms with Crippen molar-refractivity contribution in [3.63, 3.8) is 0 Å². The van der Waals surface area contributed by atoms with Gasteiger partial charge < -0.3 is 20.0 Å². The van der Waals surface area contributed by atoms with E-state index in [2.05, 4.69) is 32.8 Å². The summed E-state index contributed by atoms with van der Waals surface area (Å²) < 4.78 is 0.557. The maximum absolute atomic E-state index is 9.56. The lowest BCUT2D eigenvalue weighted by molar-refractivity contribution is 0.153. The Morgan fingerprint density at radius 1 is 1.16 bits per heavy atom. The molecule has 0 amide bonds. The summed E-state index contributed by atoms with van der Waals surface area (Å²) in [5.41, 5.74) is 1.05. The highest BCUT2D eigenvalue weighted by atomic mass is 79.9. The second-order valence-corrected chi connectivity index (χ2v) is 6.05. The van der Waals surface area contributed by atoms with E-state index in [1.807, 2.05) is 6.07 Å². The number of piperazine rings is 1. The van der Waals surface area contributed by atoms with Gasteiger partial charge in [0.15, 0.2) is 11.5 Å². The Morgan fingerprint density at radius 2 is 1.84 bits per heavy atom. The van der Waals surface area contributed by atoms with E-state index < -0.39 is 0 Å². The molecule has 0 aromatic heterocycles. The van der Waals surface area contributed by atoms with Crippen LogP contribution in [0.25, 0.3) is 0 Å². The summed E-state index contributed by atoms with van der Waals surface area (Å²) in [5, 5.41) is 19.0. The molecule has 1 heterocycles. The van der Waals surface area contributed by atoms with E-state index in [1.165, 1.54) is 0 Å². The lowest BCUT2D eigenvalue weighted by atomic mass is 10.1. The van der Waals surface area contributed by atoms with E-state index >= 15 is 0 Å². The Labute approximate surface area is 122 Å². The number of halogens is 1. The minimum absolute atomic E-state index is 0.0519. The summed E-state index contributed by atoms with van der Waals surface area (Å²) in [5.74, 6) is -0.133. The molecule has 19 heavy (non-hydrogen) atoms. The number of rotatable bonds is 4. The first kappa shape index (κ1) is 14.6. The molecule has 1 aliphatic rings. The number of hydrogen-bond donors (Lipinski definition) is 2. The van der Waals surface area contributed by atoms with Gasteiger partial charge in [-0.05, 0) is 60.1 Å². The summed E-state index contributed by atoms with van der Waals surface area (Å²) in [7, 11) is 2.16. The molecule has 1 aromatic carbocycles. The van der Waals surface area contributed by atoms with Crippen molar-refractivity contribution in [1.29, 1.82) is 0 Å². The average Bonchev–Trinajstić information content (AvgIpc) is 2.38. The molecule has 0 saturated carbocycles. The second-order valence-electron chi connectivity index (χ2n) is 5.19. The number of hydrogen-bond acceptors (Lipinski definition) is 4. The van der Waals surface area contributed by atoms with Crippen LogP contribution < -0.4 is 0 Å². The van der Waals surface area contributed by atoms with Crippen molar-refractivity contribution in [3.8, 4) is 11.5 Å². The number of likely N-dealkylation sites (N-methyl/N-ethyl adjacent to an activating group) is 1. The fourth-order valence-corrected chi connectivity index (χ4v) is 2.86. The molecular weight excluding hydrogens is 308 g/mol. The molecule has 2 N–H and O–H groups in total. The molecule has 1 fully saturated rings. The van der Waals surface area contributed by atoms with Gasteiger partial charge in [-0.1, -0.05) is 0 Å². The zero-order valence-corrected chi connectivity index (χ0v) is 12.9. The fourth-order valence-electron chi connectivity index (χ4n) is 2.36. The standard InChI is InChI=1S/C14H21BrN2O2/c1-16-5-7-17(8-6-16)4-2-3-11-9-12(15)14(19)13(18)10-11/h9-10,18-19H,2-8H2,1H3. The third-order valence-corrected chi connectivity index (χ3v) is 4.24. The molecule has 0 bridgehead atoms. The first-order chi connectivity index (χ1) is 9.06. The minimum atomic E-state index is -0.0807. The molecule has 5 heteroatoms. The molecule has 4 nitrogen and oxygen atoms in total. The molecule has 0 radical (unpaired) electrons. The van der Waals surface area contributed by atoms with Crippen molar-refractivity contribution in [2.24, 2.45) is 0 Å². The van der Waals surface area contributed by atoms with Crippen LogP contribution in [0.4, 0.5) is 0 Å². The van der Waals surface area contributed by atoms with Crippen molar-refractivity contribution in [2.45, 2.75) is 12.8 Å². The van der Waals surface area contributed by atoms with Gasteiger partial charge in [0.1, 0.15) is 0 Å². The number of aromatic hydroxyl groups is 2. The van der Waals surface area contributed by atoms with E-state index in [9.17, 15) is 10.2 Å². The third kappa shape index (κ3) is 4.09. The quantitative estimate of drug-likeness (QED) is 0.830. The largest absolute Gasteiger partial charge is 0.504 e. The third-order valence-electron chi connectivity index (χ3n) is 3.64. The molecule has 1 aromatic rings. The fraction of sp³-hybridized carbons (Fsp3) is 0.571. The maximum Gasteiger partial charge on any atom is 0.171 e. The number of phenolic OH excluding ortho intramolecular Hbond substituents is 2. The van der Waals surface area contributed by atoms with Crippen molar-refractivity contribution >= 4 is 15.9 Å². The highest BCUT2D eigenvalue weighted by molar-refractivity contribution is 9.10. The smallest absolute Gasteiger partial charge is 0.171 e. The van der Waals surface area contributed by atoms with E-state index in [0.29, 0.717) is 4.47 Å². The van der Waals surface area contributed by atoms with Crippen LogP contribution in [0, 0.1) is 0 Å². The highest BCUT2D eigenvalue weighted by Crippen LogP contribution is 2.34. The molecule has 0 spiro atoms. The van der Waals surface area contributed by atoms with Gasteiger partial charge in [0.25, 0.3) is 0 Å². The van der Waals surface area contributed by atoms with Crippen LogP contribution in [0.3, 0.4) is 0 Å². The first-order valence-electron chi connectivity index (χ1n) is 6.67. The predicted octanol–water partition coefficient (Wildman–Crippen LogP) is 2.04. The van der Waals surface area contributed by atoms with E-state index in [-0.39, 0.29) is 11.5 Å². The molecule has 1 aliphatic heterocycles. The van der Waals surface area contributed by atoms with E-state index in [0.717, 1.165) is 51.1 Å². The van der Waals surface area contributed by atoms with Gasteiger partial charge in [-0.2, -0.15) is 0 Å². The average molecular weight is 329 g/mol. The van der Waals surface area contributed by atoms with Crippen LogP contribution in [0.1, 0.15) is 12.0 Å². The highest BCUT2D eigenvalue weighted by Gasteiger charge is 2.13. The summed E-state index contributed by atoms with van der Waals surface area (Å²) in [6.07, 6.45) is 1.99. The Kier molecular flexibility index (Phi) is 5.07. The van der Waals surface area contributed by atoms with Crippen molar-refractivity contribution in [2.75, 3.05) is 39.8 Å². The van der Waals surface area contributed by atoms with Crippen LogP contribution in [-0.2, 0) is 6.42 Å². The van der Waals surface area contributed by atoms with Crippen LogP contribution in [0.15, 0.2) is 16.6 Å². The summed E-state index contributed by atoms with van der Waals surface area (Å²) in [6, 6.07) is 3.52. The van der Waals surface area contributed by atoms with E-state index in [4.69, 9.17) is 0 Å². The van der Waals surface area contributed by atoms with Crippen molar-refractivity contribution in [1.82, 2.24) is 9.80 Å². The number of phenols is 2. The first-order valence-corrected chi connectivity index (χ1v) is 7.47. The molecule has 0 unspecified atom stereocenters. The van der Waals surface area contributed by atoms with Crippen LogP contribution in [-0.4, -0.2) is 59.8 Å². The van der Waals surface area contributed by atoms with Crippen LogP contribution in [0.5, 0.6) is 11.5 Å². The lowest BCUT2D eigenvalue weighted by Crippen LogP contribution is -2.44. The van der Waals surface area contributed by atoms with Gasteiger partial charge in [0, 0.05) is 26.2 Å². The number of benzene rings is 1. The van der Waals surface area contributed by atoms with Crippen LogP contribution >= 0.6 is 15.9 Å². The Balaban J connectivity index is 1.79. The van der Waals surface area contributed by atoms with Crippen molar-refractivity contribution in [3.05, 3.63) is 22.2 Å². The molecule has 2 rings (SSSR count). The Bertz CT molecular complexity index is 408. The van der Waals surface area contributed by atoms with Crippen LogP contribution in [0.2, 0.25) is 0 Å². The minimum Gasteiger partial charge on any atom is -0.504 e. The Morgan fingerprint density at radius 3 is 2.47 bits per heavy atom. The van der Waals surface area contributed by atoms with Gasteiger partial charge >= 0.3 is 0 Å². The topological polar surface area (TPSA) is 46.9 Å². The zero-order chi connectivity index (χ0) is 13.8. The Hall–Kier alpha value is -0.780. The predicted molar refractivity (Wildman–Crippen MR) is 79.7 cm³/mol. The van der Waals surface area contributed by atoms with Gasteiger partial charge in [-0.3, -0.25) is 0 Å². The number of aryl methyl sites for hydroxylation is 1. The monoisotopic (exact) mass is 328 g/mol. The van der Waals surface area contributed by atoms with Crippen molar-refractivity contribution < 1.29 is 10.2 Å². The van der Waals surface area contributed by atoms with E-state index in [1.54, 1.807) is 6.07 Å².